The molecule has 0 aromatic heterocycles. The van der Waals surface area contributed by atoms with E-state index in [9.17, 15) is 18.7 Å². The topological polar surface area (TPSA) is 49.3 Å². The molecule has 18 heavy (non-hydrogen) atoms. The molecule has 0 bridgehead atoms. The van der Waals surface area contributed by atoms with Gasteiger partial charge in [-0.1, -0.05) is 18.9 Å². The summed E-state index contributed by atoms with van der Waals surface area (Å²) in [6, 6.07) is 2.85. The molecule has 1 aliphatic carbocycles. The van der Waals surface area contributed by atoms with Gasteiger partial charge in [0.1, 0.15) is 17.2 Å². The predicted octanol–water partition coefficient (Wildman–Crippen LogP) is 2.00. The van der Waals surface area contributed by atoms with E-state index in [1.807, 2.05) is 0 Å². The summed E-state index contributed by atoms with van der Waals surface area (Å²) < 4.78 is 26.8. The molecule has 5 heteroatoms. The lowest BCUT2D eigenvalue weighted by Crippen LogP contribution is -2.45. The number of rotatable bonds is 2. The van der Waals surface area contributed by atoms with Gasteiger partial charge >= 0.3 is 0 Å². The first-order chi connectivity index (χ1) is 8.59. The van der Waals surface area contributed by atoms with Crippen LogP contribution in [0.25, 0.3) is 0 Å². The van der Waals surface area contributed by atoms with E-state index >= 15 is 0 Å². The highest BCUT2D eigenvalue weighted by Crippen LogP contribution is 2.19. The summed E-state index contributed by atoms with van der Waals surface area (Å²) in [6.45, 7) is 0. The minimum absolute atomic E-state index is 0.426. The first-order valence-corrected chi connectivity index (χ1v) is 6.02. The second kappa shape index (κ2) is 5.44. The van der Waals surface area contributed by atoms with Crippen LogP contribution in [0, 0.1) is 11.6 Å². The Hall–Kier alpha value is -1.49. The Morgan fingerprint density at radius 1 is 1.22 bits per heavy atom. The van der Waals surface area contributed by atoms with E-state index in [4.69, 9.17) is 0 Å². The van der Waals surface area contributed by atoms with Crippen LogP contribution in [0.5, 0.6) is 0 Å². The smallest absolute Gasteiger partial charge is 0.257 e. The Kier molecular flexibility index (Phi) is 3.91. The van der Waals surface area contributed by atoms with Crippen molar-refractivity contribution in [1.82, 2.24) is 5.32 Å². The van der Waals surface area contributed by atoms with Crippen LogP contribution in [0.4, 0.5) is 8.78 Å². The fraction of sp³-hybridized carbons (Fsp3) is 0.462. The molecule has 1 amide bonds. The van der Waals surface area contributed by atoms with Crippen molar-refractivity contribution in [2.24, 2.45) is 0 Å². The van der Waals surface area contributed by atoms with E-state index in [1.54, 1.807) is 0 Å². The number of aliphatic hydroxyl groups excluding tert-OH is 1. The van der Waals surface area contributed by atoms with E-state index in [0.717, 1.165) is 25.0 Å². The quantitative estimate of drug-likeness (QED) is 0.849. The molecule has 0 saturated heterocycles. The van der Waals surface area contributed by atoms with Gasteiger partial charge in [-0.3, -0.25) is 4.79 Å². The van der Waals surface area contributed by atoms with Gasteiger partial charge in [0.15, 0.2) is 0 Å². The minimum Gasteiger partial charge on any atom is -0.391 e. The zero-order valence-corrected chi connectivity index (χ0v) is 9.83. The summed E-state index contributed by atoms with van der Waals surface area (Å²) in [5, 5.41) is 12.2. The standard InChI is InChI=1S/C13H15F2NO2/c14-8-4-3-5-9(15)12(8)13(18)16-10-6-1-2-7-11(10)17/h3-5,10-11,17H,1-2,6-7H2,(H,16,18)/t10-,11-/m1/s1. The Morgan fingerprint density at radius 3 is 2.44 bits per heavy atom. The van der Waals surface area contributed by atoms with E-state index < -0.39 is 35.3 Å². The number of halogens is 2. The lowest BCUT2D eigenvalue weighted by molar-refractivity contribution is 0.0711. The normalized spacial score (nSPS) is 23.7. The van der Waals surface area contributed by atoms with Gasteiger partial charge in [0.05, 0.1) is 12.1 Å². The van der Waals surface area contributed by atoms with Crippen LogP contribution in [-0.2, 0) is 0 Å². The van der Waals surface area contributed by atoms with Gasteiger partial charge in [0, 0.05) is 0 Å². The second-order valence-corrected chi connectivity index (χ2v) is 4.53. The number of benzene rings is 1. The first-order valence-electron chi connectivity index (χ1n) is 6.02. The first kappa shape index (κ1) is 13.0. The lowest BCUT2D eigenvalue weighted by Gasteiger charge is -2.28. The molecule has 1 aromatic rings. The van der Waals surface area contributed by atoms with Gasteiger partial charge in [-0.25, -0.2) is 8.78 Å². The fourth-order valence-electron chi connectivity index (χ4n) is 2.23. The monoisotopic (exact) mass is 255 g/mol. The maximum atomic E-state index is 13.4. The molecular weight excluding hydrogens is 240 g/mol. The molecule has 0 heterocycles. The molecule has 2 N–H and O–H groups in total. The molecule has 0 spiro atoms. The maximum Gasteiger partial charge on any atom is 0.257 e. The van der Waals surface area contributed by atoms with Crippen LogP contribution in [0.1, 0.15) is 36.0 Å². The summed E-state index contributed by atoms with van der Waals surface area (Å²) in [6.07, 6.45) is 2.38. The number of nitrogens with one attached hydrogen (secondary N) is 1. The molecule has 2 rings (SSSR count). The Bertz CT molecular complexity index is 430. The molecule has 1 saturated carbocycles. The SMILES string of the molecule is O=C(N[C@@H]1CCCC[C@H]1O)c1c(F)cccc1F. The van der Waals surface area contributed by atoms with E-state index in [0.29, 0.717) is 12.8 Å². The third-order valence-electron chi connectivity index (χ3n) is 3.24. The Labute approximate surface area is 104 Å². The van der Waals surface area contributed by atoms with Gasteiger partial charge in [-0.05, 0) is 25.0 Å². The van der Waals surface area contributed by atoms with Crippen LogP contribution in [-0.4, -0.2) is 23.2 Å². The van der Waals surface area contributed by atoms with Crippen LogP contribution in [0.3, 0.4) is 0 Å². The zero-order chi connectivity index (χ0) is 13.1. The summed E-state index contributed by atoms with van der Waals surface area (Å²) in [5.41, 5.74) is -0.588. The van der Waals surface area contributed by atoms with E-state index in [-0.39, 0.29) is 0 Å². The number of hydrogen-bond acceptors (Lipinski definition) is 2. The molecule has 3 nitrogen and oxygen atoms in total. The molecule has 1 aromatic carbocycles. The van der Waals surface area contributed by atoms with Crippen molar-refractivity contribution in [2.75, 3.05) is 0 Å². The van der Waals surface area contributed by atoms with Crippen molar-refractivity contribution in [1.29, 1.82) is 0 Å². The summed E-state index contributed by atoms with van der Waals surface area (Å²) in [5.74, 6) is -2.59. The highest BCUT2D eigenvalue weighted by atomic mass is 19.1. The van der Waals surface area contributed by atoms with Crippen LogP contribution >= 0.6 is 0 Å². The molecule has 0 unspecified atom stereocenters. The molecule has 0 aliphatic heterocycles. The van der Waals surface area contributed by atoms with E-state index in [2.05, 4.69) is 5.32 Å². The average molecular weight is 255 g/mol. The largest absolute Gasteiger partial charge is 0.391 e. The summed E-state index contributed by atoms with van der Waals surface area (Å²) in [7, 11) is 0. The maximum absolute atomic E-state index is 13.4. The Balaban J connectivity index is 2.12. The number of carbonyl (C=O) groups is 1. The van der Waals surface area contributed by atoms with Crippen molar-refractivity contribution >= 4 is 5.91 Å². The van der Waals surface area contributed by atoms with Gasteiger partial charge < -0.3 is 10.4 Å². The van der Waals surface area contributed by atoms with Gasteiger partial charge in [-0.2, -0.15) is 0 Å². The Morgan fingerprint density at radius 2 is 1.83 bits per heavy atom. The van der Waals surface area contributed by atoms with Crippen molar-refractivity contribution in [3.05, 3.63) is 35.4 Å². The van der Waals surface area contributed by atoms with Crippen LogP contribution < -0.4 is 5.32 Å². The minimum atomic E-state index is -0.891. The van der Waals surface area contributed by atoms with Crippen LogP contribution in [0.15, 0.2) is 18.2 Å². The summed E-state index contributed by atoms with van der Waals surface area (Å²) >= 11 is 0. The third kappa shape index (κ3) is 2.67. The second-order valence-electron chi connectivity index (χ2n) is 4.53. The number of amides is 1. The number of carbonyl (C=O) groups excluding carboxylic acids is 1. The fourth-order valence-corrected chi connectivity index (χ4v) is 2.23. The lowest BCUT2D eigenvalue weighted by atomic mass is 9.92. The van der Waals surface area contributed by atoms with Gasteiger partial charge in [0.2, 0.25) is 0 Å². The third-order valence-corrected chi connectivity index (χ3v) is 3.24. The van der Waals surface area contributed by atoms with Gasteiger partial charge in [0.25, 0.3) is 5.91 Å². The van der Waals surface area contributed by atoms with Gasteiger partial charge in [-0.15, -0.1) is 0 Å². The number of hydrogen-bond donors (Lipinski definition) is 2. The predicted molar refractivity (Wildman–Crippen MR) is 62.1 cm³/mol. The number of aliphatic hydroxyl groups is 1. The molecule has 1 aliphatic rings. The van der Waals surface area contributed by atoms with Crippen molar-refractivity contribution < 1.29 is 18.7 Å². The van der Waals surface area contributed by atoms with E-state index in [1.165, 1.54) is 6.07 Å². The van der Waals surface area contributed by atoms with Crippen molar-refractivity contribution in [3.8, 4) is 0 Å². The molecule has 2 atom stereocenters. The zero-order valence-electron chi connectivity index (χ0n) is 9.83. The highest BCUT2D eigenvalue weighted by molar-refractivity contribution is 5.94. The molecule has 98 valence electrons. The van der Waals surface area contributed by atoms with Crippen LogP contribution in [0.2, 0.25) is 0 Å². The summed E-state index contributed by atoms with van der Waals surface area (Å²) in [4.78, 5) is 11.8. The highest BCUT2D eigenvalue weighted by Gasteiger charge is 2.26. The average Bonchev–Trinajstić information content (AvgIpc) is 2.32. The molecule has 0 radical (unpaired) electrons. The molecule has 1 fully saturated rings. The van der Waals surface area contributed by atoms with Crippen molar-refractivity contribution in [2.45, 2.75) is 37.8 Å². The molecular formula is C13H15F2NO2. The van der Waals surface area contributed by atoms with Crippen molar-refractivity contribution in [3.63, 3.8) is 0 Å².